The molecular weight excluding hydrogens is 280 g/mol. The highest BCUT2D eigenvalue weighted by Gasteiger charge is 2.29. The van der Waals surface area contributed by atoms with E-state index in [1.807, 2.05) is 32.3 Å². The molecule has 0 aliphatic rings. The second-order valence-electron chi connectivity index (χ2n) is 4.55. The number of aromatic nitrogens is 1. The molecule has 1 rings (SSSR count). The van der Waals surface area contributed by atoms with E-state index >= 15 is 0 Å². The van der Waals surface area contributed by atoms with Crippen molar-refractivity contribution in [2.75, 3.05) is 13.7 Å². The number of ether oxygens (including phenoxy) is 1. The predicted octanol–water partition coefficient (Wildman–Crippen LogP) is 2.79. The maximum absolute atomic E-state index is 5.78. The highest BCUT2D eigenvalue weighted by molar-refractivity contribution is 9.10. The van der Waals surface area contributed by atoms with Crippen LogP contribution in [0.1, 0.15) is 26.5 Å². The lowest BCUT2D eigenvalue weighted by molar-refractivity contribution is -0.0365. The van der Waals surface area contributed by atoms with Crippen LogP contribution in [0.2, 0.25) is 0 Å². The molecule has 0 amide bonds. The highest BCUT2D eigenvalue weighted by atomic mass is 79.9. The molecule has 0 bridgehead atoms. The van der Waals surface area contributed by atoms with E-state index in [9.17, 15) is 0 Å². The first kappa shape index (κ1) is 14.6. The molecule has 1 atom stereocenters. The largest absolute Gasteiger partial charge is 0.374 e. The van der Waals surface area contributed by atoms with Gasteiger partial charge >= 0.3 is 0 Å². The Morgan fingerprint density at radius 3 is 2.65 bits per heavy atom. The Hall–Kier alpha value is -0.450. The quantitative estimate of drug-likeness (QED) is 0.877. The number of halogens is 1. The highest BCUT2D eigenvalue weighted by Crippen LogP contribution is 2.18. The summed E-state index contributed by atoms with van der Waals surface area (Å²) in [5, 5.41) is 3.31. The zero-order chi connectivity index (χ0) is 12.9. The van der Waals surface area contributed by atoms with Gasteiger partial charge in [-0.1, -0.05) is 0 Å². The lowest BCUT2D eigenvalue weighted by Crippen LogP contribution is -2.48. The first-order chi connectivity index (χ1) is 7.99. The van der Waals surface area contributed by atoms with Gasteiger partial charge in [-0.25, -0.2) is 0 Å². The third-order valence-electron chi connectivity index (χ3n) is 2.91. The zero-order valence-electron chi connectivity index (χ0n) is 11.0. The maximum atomic E-state index is 5.78. The van der Waals surface area contributed by atoms with Crippen LogP contribution < -0.4 is 5.32 Å². The van der Waals surface area contributed by atoms with Gasteiger partial charge in [0.1, 0.15) is 0 Å². The maximum Gasteiger partial charge on any atom is 0.0782 e. The van der Waals surface area contributed by atoms with Gasteiger partial charge in [0, 0.05) is 35.4 Å². The van der Waals surface area contributed by atoms with Crippen molar-refractivity contribution < 1.29 is 4.74 Å². The molecule has 0 spiro atoms. The summed E-state index contributed by atoms with van der Waals surface area (Å²) in [6.45, 7) is 6.96. The summed E-state index contributed by atoms with van der Waals surface area (Å²) < 4.78 is 6.78. The SMILES string of the molecule is CCOC(C)(C)C(Cc1ccc(Br)cn1)NC. The van der Waals surface area contributed by atoms with Crippen LogP contribution >= 0.6 is 15.9 Å². The summed E-state index contributed by atoms with van der Waals surface area (Å²) in [5.74, 6) is 0. The summed E-state index contributed by atoms with van der Waals surface area (Å²) in [6, 6.07) is 4.30. The Labute approximate surface area is 112 Å². The number of hydrogen-bond acceptors (Lipinski definition) is 3. The molecule has 17 heavy (non-hydrogen) atoms. The molecule has 1 aromatic heterocycles. The summed E-state index contributed by atoms with van der Waals surface area (Å²) in [7, 11) is 1.96. The molecule has 4 heteroatoms. The van der Waals surface area contributed by atoms with Crippen LogP contribution in [0.3, 0.4) is 0 Å². The van der Waals surface area contributed by atoms with Crippen LogP contribution in [0, 0.1) is 0 Å². The van der Waals surface area contributed by atoms with E-state index in [-0.39, 0.29) is 11.6 Å². The van der Waals surface area contributed by atoms with E-state index < -0.39 is 0 Å². The molecule has 1 N–H and O–H groups in total. The van der Waals surface area contributed by atoms with Crippen LogP contribution in [0.15, 0.2) is 22.8 Å². The number of nitrogens with zero attached hydrogens (tertiary/aromatic N) is 1. The van der Waals surface area contributed by atoms with Gasteiger partial charge < -0.3 is 10.1 Å². The Balaban J connectivity index is 2.72. The topological polar surface area (TPSA) is 34.1 Å². The molecule has 0 aliphatic carbocycles. The Kier molecular flexibility index (Phi) is 5.56. The van der Waals surface area contributed by atoms with Crippen LogP contribution in [-0.4, -0.2) is 30.3 Å². The Morgan fingerprint density at radius 2 is 2.18 bits per heavy atom. The van der Waals surface area contributed by atoms with Crippen molar-refractivity contribution in [1.82, 2.24) is 10.3 Å². The molecule has 1 unspecified atom stereocenters. The van der Waals surface area contributed by atoms with Crippen molar-refractivity contribution in [2.45, 2.75) is 38.8 Å². The van der Waals surface area contributed by atoms with Crippen molar-refractivity contribution in [2.24, 2.45) is 0 Å². The molecule has 0 aliphatic heterocycles. The molecule has 1 heterocycles. The summed E-state index contributed by atoms with van der Waals surface area (Å²) in [4.78, 5) is 4.40. The van der Waals surface area contributed by atoms with Gasteiger partial charge in [0.2, 0.25) is 0 Å². The second kappa shape index (κ2) is 6.47. The Morgan fingerprint density at radius 1 is 1.47 bits per heavy atom. The van der Waals surface area contributed by atoms with Crippen molar-refractivity contribution >= 4 is 15.9 Å². The second-order valence-corrected chi connectivity index (χ2v) is 5.47. The first-order valence-corrected chi connectivity index (χ1v) is 6.70. The van der Waals surface area contributed by atoms with Gasteiger partial charge in [-0.05, 0) is 55.9 Å². The van der Waals surface area contributed by atoms with Crippen LogP contribution in [0.5, 0.6) is 0 Å². The molecule has 0 radical (unpaired) electrons. The number of nitrogens with one attached hydrogen (secondary N) is 1. The van der Waals surface area contributed by atoms with E-state index in [1.165, 1.54) is 0 Å². The van der Waals surface area contributed by atoms with Gasteiger partial charge in [0.25, 0.3) is 0 Å². The van der Waals surface area contributed by atoms with Gasteiger partial charge in [0.15, 0.2) is 0 Å². The fraction of sp³-hybridized carbons (Fsp3) is 0.615. The van der Waals surface area contributed by atoms with Gasteiger partial charge in [-0.2, -0.15) is 0 Å². The number of likely N-dealkylation sites (N-methyl/N-ethyl adjacent to an activating group) is 1. The first-order valence-electron chi connectivity index (χ1n) is 5.91. The van der Waals surface area contributed by atoms with Crippen molar-refractivity contribution in [3.05, 3.63) is 28.5 Å². The minimum Gasteiger partial charge on any atom is -0.374 e. The van der Waals surface area contributed by atoms with Crippen LogP contribution in [0.4, 0.5) is 0 Å². The molecule has 96 valence electrons. The average Bonchev–Trinajstić information content (AvgIpc) is 2.28. The fourth-order valence-electron chi connectivity index (χ4n) is 1.90. The van der Waals surface area contributed by atoms with Crippen LogP contribution in [0.25, 0.3) is 0 Å². The summed E-state index contributed by atoms with van der Waals surface area (Å²) in [5.41, 5.74) is 0.874. The molecular formula is C13H21BrN2O. The molecule has 0 fully saturated rings. The monoisotopic (exact) mass is 300 g/mol. The number of rotatable bonds is 6. The Bertz CT molecular complexity index is 338. The lowest BCUT2D eigenvalue weighted by atomic mass is 9.94. The van der Waals surface area contributed by atoms with Gasteiger partial charge in [-0.3, -0.25) is 4.98 Å². The lowest BCUT2D eigenvalue weighted by Gasteiger charge is -2.33. The van der Waals surface area contributed by atoms with Crippen molar-refractivity contribution in [3.8, 4) is 0 Å². The molecule has 3 nitrogen and oxygen atoms in total. The number of pyridine rings is 1. The number of hydrogen-bond donors (Lipinski definition) is 1. The van der Waals surface area contributed by atoms with E-state index in [2.05, 4.69) is 40.1 Å². The summed E-state index contributed by atoms with van der Waals surface area (Å²) in [6.07, 6.45) is 2.69. The minimum atomic E-state index is -0.196. The molecule has 1 aromatic rings. The third-order valence-corrected chi connectivity index (χ3v) is 3.37. The molecule has 0 aromatic carbocycles. The zero-order valence-corrected chi connectivity index (χ0v) is 12.5. The van der Waals surface area contributed by atoms with E-state index in [1.54, 1.807) is 0 Å². The van der Waals surface area contributed by atoms with E-state index in [0.717, 1.165) is 23.2 Å². The molecule has 0 saturated heterocycles. The smallest absolute Gasteiger partial charge is 0.0782 e. The van der Waals surface area contributed by atoms with Gasteiger partial charge in [0.05, 0.1) is 5.60 Å². The van der Waals surface area contributed by atoms with E-state index in [0.29, 0.717) is 0 Å². The predicted molar refractivity (Wildman–Crippen MR) is 74.2 cm³/mol. The van der Waals surface area contributed by atoms with Crippen molar-refractivity contribution in [1.29, 1.82) is 0 Å². The average molecular weight is 301 g/mol. The standard InChI is InChI=1S/C13H21BrN2O/c1-5-17-13(2,3)12(15-4)8-11-7-6-10(14)9-16-11/h6-7,9,12,15H,5,8H2,1-4H3. The van der Waals surface area contributed by atoms with Crippen molar-refractivity contribution in [3.63, 3.8) is 0 Å². The fourth-order valence-corrected chi connectivity index (χ4v) is 2.14. The third kappa shape index (κ3) is 4.37. The molecule has 0 saturated carbocycles. The van der Waals surface area contributed by atoms with Crippen LogP contribution in [-0.2, 0) is 11.2 Å². The normalized spacial score (nSPS) is 13.7. The van der Waals surface area contributed by atoms with Gasteiger partial charge in [-0.15, -0.1) is 0 Å². The minimum absolute atomic E-state index is 0.196. The summed E-state index contributed by atoms with van der Waals surface area (Å²) >= 11 is 3.39. The van der Waals surface area contributed by atoms with E-state index in [4.69, 9.17) is 4.74 Å².